The van der Waals surface area contributed by atoms with Gasteiger partial charge in [0.05, 0.1) is 12.0 Å². The van der Waals surface area contributed by atoms with Gasteiger partial charge in [0.2, 0.25) is 11.7 Å². The van der Waals surface area contributed by atoms with Gasteiger partial charge in [-0.15, -0.1) is 0 Å². The first-order valence-electron chi connectivity index (χ1n) is 17.4. The minimum atomic E-state index is -2.89. The van der Waals surface area contributed by atoms with E-state index in [1.165, 1.54) is 18.3 Å². The van der Waals surface area contributed by atoms with Crippen LogP contribution in [0.2, 0.25) is 5.02 Å². The summed E-state index contributed by atoms with van der Waals surface area (Å²) in [5.74, 6) is -1.67. The number of halogens is 5. The minimum absolute atomic E-state index is 0.00252. The third-order valence-corrected chi connectivity index (χ3v) is 10.8. The Balaban J connectivity index is 1.12. The van der Waals surface area contributed by atoms with Gasteiger partial charge >= 0.3 is 12.4 Å². The number of anilines is 1. The molecule has 16 heteroatoms. The Kier molecular flexibility index (Phi) is 9.39. The lowest BCUT2D eigenvalue weighted by Crippen LogP contribution is -2.54. The average Bonchev–Trinajstić information content (AvgIpc) is 3.84. The molecule has 8 rings (SSSR count). The highest BCUT2D eigenvalue weighted by Crippen LogP contribution is 2.41. The maximum absolute atomic E-state index is 16.9. The molecule has 1 unspecified atom stereocenters. The number of pyridine rings is 1. The lowest BCUT2D eigenvalue weighted by atomic mass is 9.74. The number of likely N-dealkylation sites (tertiary alicyclic amines) is 1. The van der Waals surface area contributed by atoms with Gasteiger partial charge in [0.15, 0.2) is 5.82 Å². The van der Waals surface area contributed by atoms with Crippen molar-refractivity contribution in [2.24, 2.45) is 5.41 Å². The smallest absolute Gasteiger partial charge is 0.319 e. The van der Waals surface area contributed by atoms with E-state index in [1.54, 1.807) is 24.1 Å². The molecule has 3 aliphatic rings. The van der Waals surface area contributed by atoms with Crippen LogP contribution in [0.1, 0.15) is 43.8 Å². The van der Waals surface area contributed by atoms with Gasteiger partial charge in [-0.2, -0.15) is 15.0 Å². The normalized spacial score (nSPS) is 23.1. The number of fused-ring (bicyclic) bond motifs is 4. The second kappa shape index (κ2) is 14.2. The van der Waals surface area contributed by atoms with Crippen molar-refractivity contribution in [2.75, 3.05) is 51.3 Å². The fourth-order valence-corrected chi connectivity index (χ4v) is 8.24. The largest absolute Gasteiger partial charge is 0.463 e. The fraction of sp³-hybridized carbons (Fsp3) is 0.405. The summed E-state index contributed by atoms with van der Waals surface area (Å²) in [6, 6.07) is 10.6. The molecule has 2 aromatic carbocycles. The Morgan fingerprint density at radius 3 is 2.81 bits per heavy atom. The summed E-state index contributed by atoms with van der Waals surface area (Å²) in [6.45, 7) is 2.81. The van der Waals surface area contributed by atoms with Crippen LogP contribution < -0.4 is 9.64 Å². The van der Waals surface area contributed by atoms with Crippen LogP contribution in [-0.2, 0) is 4.79 Å². The van der Waals surface area contributed by atoms with Gasteiger partial charge in [0.1, 0.15) is 23.2 Å². The molecule has 3 aromatic heterocycles. The molecule has 3 aliphatic heterocycles. The predicted octanol–water partition coefficient (Wildman–Crippen LogP) is 6.91. The summed E-state index contributed by atoms with van der Waals surface area (Å²) in [4.78, 5) is 36.1. The number of amides is 1. The van der Waals surface area contributed by atoms with Gasteiger partial charge in [-0.1, -0.05) is 47.1 Å². The van der Waals surface area contributed by atoms with Gasteiger partial charge in [-0.05, 0) is 43.7 Å². The van der Waals surface area contributed by atoms with E-state index in [2.05, 4.69) is 25.0 Å². The predicted molar refractivity (Wildman–Crippen MR) is 190 cm³/mol. The molecule has 6 heterocycles. The number of rotatable bonds is 9. The van der Waals surface area contributed by atoms with E-state index < -0.39 is 29.7 Å². The fourth-order valence-electron chi connectivity index (χ4n) is 7.96. The maximum Gasteiger partial charge on any atom is 0.319 e. The Labute approximate surface area is 306 Å². The third kappa shape index (κ3) is 6.87. The van der Waals surface area contributed by atoms with Crippen LogP contribution in [0.25, 0.3) is 39.0 Å². The van der Waals surface area contributed by atoms with E-state index >= 15 is 4.39 Å². The number of benzene rings is 2. The van der Waals surface area contributed by atoms with Gasteiger partial charge in [0, 0.05) is 79.0 Å². The molecule has 2 bridgehead atoms. The number of aromatic nitrogens is 5. The molecule has 276 valence electrons. The van der Waals surface area contributed by atoms with E-state index in [1.807, 2.05) is 29.2 Å². The summed E-state index contributed by atoms with van der Waals surface area (Å²) in [6.07, 6.45) is 2.71. The molecule has 5 aromatic rings. The van der Waals surface area contributed by atoms with Gasteiger partial charge in [-0.3, -0.25) is 14.7 Å². The Bertz CT molecular complexity index is 2210. The highest BCUT2D eigenvalue weighted by atomic mass is 35.5. The van der Waals surface area contributed by atoms with Crippen molar-refractivity contribution < 1.29 is 31.6 Å². The first-order chi connectivity index (χ1) is 25.6. The monoisotopic (exact) mass is 750 g/mol. The van der Waals surface area contributed by atoms with Crippen LogP contribution in [0.5, 0.6) is 6.01 Å². The number of piperidine rings is 2. The number of carbonyl (C=O) groups excluding carboxylic acids is 1. The summed E-state index contributed by atoms with van der Waals surface area (Å²) < 4.78 is 68.4. The van der Waals surface area contributed by atoms with Crippen LogP contribution >= 0.6 is 11.6 Å². The topological polar surface area (TPSA) is 114 Å². The van der Waals surface area contributed by atoms with Crippen molar-refractivity contribution in [3.05, 3.63) is 71.2 Å². The molecule has 53 heavy (non-hydrogen) atoms. The molecular formula is C37H35ClF4N8O3. The SMILES string of the molecule is CN(c1nc(OC[C@]23CCCN(C[C@H](F)C2)C3)nc2c(F)c(-c3cccc4cccc(Cl)c34)ncc12)[C@@H]1CCN(C(=O)/C=C/c2nc(C(F)F)no2)C1. The van der Waals surface area contributed by atoms with Crippen LogP contribution in [0.3, 0.4) is 0 Å². The number of nitrogens with zero attached hydrogens (tertiary/aromatic N) is 8. The molecule has 0 saturated carbocycles. The van der Waals surface area contributed by atoms with Crippen molar-refractivity contribution in [1.29, 1.82) is 0 Å². The number of likely N-dealkylation sites (N-methyl/N-ethyl adjacent to an activating group) is 1. The second-order valence-corrected chi connectivity index (χ2v) is 14.5. The third-order valence-electron chi connectivity index (χ3n) is 10.5. The lowest BCUT2D eigenvalue weighted by molar-refractivity contribution is -0.124. The molecule has 4 atom stereocenters. The number of alkyl halides is 3. The van der Waals surface area contributed by atoms with Gasteiger partial charge in [-0.25, -0.2) is 17.6 Å². The van der Waals surface area contributed by atoms with Crippen molar-refractivity contribution in [2.45, 2.75) is 44.3 Å². The first kappa shape index (κ1) is 35.2. The molecule has 11 nitrogen and oxygen atoms in total. The molecule has 3 fully saturated rings. The molecule has 3 saturated heterocycles. The van der Waals surface area contributed by atoms with Crippen molar-refractivity contribution in [1.82, 2.24) is 34.9 Å². The molecule has 0 aliphatic carbocycles. The van der Waals surface area contributed by atoms with E-state index in [4.69, 9.17) is 25.8 Å². The Morgan fingerprint density at radius 2 is 2.00 bits per heavy atom. The van der Waals surface area contributed by atoms with Crippen LogP contribution in [0.4, 0.5) is 23.4 Å². The zero-order valence-electron chi connectivity index (χ0n) is 28.7. The number of hydrogen-bond acceptors (Lipinski definition) is 10. The number of hydrogen-bond donors (Lipinski definition) is 0. The van der Waals surface area contributed by atoms with Gasteiger partial charge in [0.25, 0.3) is 5.89 Å². The maximum atomic E-state index is 16.9. The van der Waals surface area contributed by atoms with Crippen LogP contribution in [0.15, 0.2) is 53.2 Å². The van der Waals surface area contributed by atoms with E-state index in [9.17, 15) is 18.0 Å². The first-order valence-corrected chi connectivity index (χ1v) is 17.8. The summed E-state index contributed by atoms with van der Waals surface area (Å²) in [7, 11) is 1.80. The lowest BCUT2D eigenvalue weighted by Gasteiger charge is -2.47. The summed E-state index contributed by atoms with van der Waals surface area (Å²) in [5.41, 5.74) is 0.154. The van der Waals surface area contributed by atoms with E-state index in [-0.39, 0.29) is 48.2 Å². The number of ether oxygens (including phenoxy) is 1. The molecule has 0 spiro atoms. The van der Waals surface area contributed by atoms with E-state index in [0.717, 1.165) is 24.8 Å². The highest BCUT2D eigenvalue weighted by molar-refractivity contribution is 6.36. The second-order valence-electron chi connectivity index (χ2n) is 14.0. The van der Waals surface area contributed by atoms with E-state index in [0.29, 0.717) is 59.7 Å². The quantitative estimate of drug-likeness (QED) is 0.116. The molecular weight excluding hydrogens is 716 g/mol. The average molecular weight is 751 g/mol. The van der Waals surface area contributed by atoms with Crippen LogP contribution in [-0.4, -0.2) is 99.4 Å². The summed E-state index contributed by atoms with van der Waals surface area (Å²) >= 11 is 6.61. The standard InChI is InChI=1S/C37H35ClF4N8O3/c1-48(23-11-14-50(18-23)28(51)10-9-27-44-34(33(41)42)47-53-27)35-25-16-43-31(24-7-2-5-21-6-3-8-26(38)29(21)24)30(40)32(25)45-36(46-35)52-20-37-12-4-13-49(19-37)17-22(39)15-37/h2-3,5-10,16,22-23,33H,4,11-15,17-20H2,1H3/b10-9+/t22-,23-,37-/m1/s1. The highest BCUT2D eigenvalue weighted by Gasteiger charge is 2.43. The molecule has 1 amide bonds. The van der Waals surface area contributed by atoms with Crippen molar-refractivity contribution in [3.63, 3.8) is 0 Å². The van der Waals surface area contributed by atoms with Crippen molar-refractivity contribution >= 4 is 51.1 Å². The van der Waals surface area contributed by atoms with Crippen LogP contribution in [0, 0.1) is 11.2 Å². The Hall–Kier alpha value is -4.89. The molecule has 0 N–H and O–H groups in total. The summed E-state index contributed by atoms with van der Waals surface area (Å²) in [5, 5.41) is 5.47. The Morgan fingerprint density at radius 1 is 1.17 bits per heavy atom. The molecule has 0 radical (unpaired) electrons. The van der Waals surface area contributed by atoms with Gasteiger partial charge < -0.3 is 19.1 Å². The zero-order valence-corrected chi connectivity index (χ0v) is 29.4. The minimum Gasteiger partial charge on any atom is -0.463 e. The van der Waals surface area contributed by atoms with Crippen molar-refractivity contribution in [3.8, 4) is 17.3 Å². The zero-order chi connectivity index (χ0) is 36.9. The number of carbonyl (C=O) groups is 1.